The smallest absolute Gasteiger partial charge is 0.307 e. The van der Waals surface area contributed by atoms with E-state index in [1.807, 2.05) is 0 Å². The first-order valence-corrected chi connectivity index (χ1v) is 7.14. The van der Waals surface area contributed by atoms with Crippen molar-refractivity contribution in [3.63, 3.8) is 0 Å². The molecule has 0 aliphatic carbocycles. The van der Waals surface area contributed by atoms with Crippen molar-refractivity contribution in [2.24, 2.45) is 0 Å². The number of halogens is 2. The van der Waals surface area contributed by atoms with Crippen LogP contribution in [0.5, 0.6) is 0 Å². The third-order valence-corrected chi connectivity index (χ3v) is 3.20. The van der Waals surface area contributed by atoms with Gasteiger partial charge in [-0.25, -0.2) is 10.2 Å². The van der Waals surface area contributed by atoms with Crippen molar-refractivity contribution < 1.29 is 9.59 Å². The van der Waals surface area contributed by atoms with Crippen molar-refractivity contribution in [3.8, 4) is 0 Å². The maximum Gasteiger partial charge on any atom is 0.337 e. The molecule has 0 spiro atoms. The molecule has 0 heterocycles. The van der Waals surface area contributed by atoms with Crippen LogP contribution >= 0.6 is 23.2 Å². The van der Waals surface area contributed by atoms with Gasteiger partial charge in [0.1, 0.15) is 0 Å². The Kier molecular flexibility index (Phi) is 5.63. The highest BCUT2D eigenvalue weighted by molar-refractivity contribution is 6.30. The molecule has 2 aromatic carbocycles. The number of rotatable bonds is 3. The van der Waals surface area contributed by atoms with Crippen molar-refractivity contribution in [2.45, 2.75) is 6.42 Å². The van der Waals surface area contributed by atoms with Crippen LogP contribution < -0.4 is 16.2 Å². The number of nitrogens with one attached hydrogen (secondary N) is 3. The molecule has 0 saturated heterocycles. The normalized spacial score (nSPS) is 9.91. The fraction of sp³-hybridized carbons (Fsp3) is 0.0667. The van der Waals surface area contributed by atoms with Crippen molar-refractivity contribution in [2.75, 3.05) is 5.32 Å². The van der Waals surface area contributed by atoms with Crippen LogP contribution in [0, 0.1) is 0 Å². The molecule has 7 heteroatoms. The average molecular weight is 338 g/mol. The number of benzene rings is 2. The van der Waals surface area contributed by atoms with E-state index in [9.17, 15) is 9.59 Å². The minimum atomic E-state index is -0.549. The summed E-state index contributed by atoms with van der Waals surface area (Å²) in [6, 6.07) is 12.9. The van der Waals surface area contributed by atoms with Crippen molar-refractivity contribution in [1.82, 2.24) is 10.9 Å². The van der Waals surface area contributed by atoms with Crippen LogP contribution in [-0.2, 0) is 11.2 Å². The van der Waals surface area contributed by atoms with Crippen LogP contribution in [0.1, 0.15) is 5.56 Å². The molecule has 0 aromatic heterocycles. The van der Waals surface area contributed by atoms with Gasteiger partial charge in [0, 0.05) is 15.7 Å². The van der Waals surface area contributed by atoms with Crippen LogP contribution in [0.2, 0.25) is 10.0 Å². The Hall–Kier alpha value is -2.24. The van der Waals surface area contributed by atoms with Crippen LogP contribution in [0.25, 0.3) is 0 Å². The second kappa shape index (κ2) is 7.68. The van der Waals surface area contributed by atoms with Crippen LogP contribution in [-0.4, -0.2) is 11.9 Å². The lowest BCUT2D eigenvalue weighted by atomic mass is 10.1. The minimum absolute atomic E-state index is 0.137. The first-order valence-electron chi connectivity index (χ1n) is 6.39. The van der Waals surface area contributed by atoms with Gasteiger partial charge >= 0.3 is 6.03 Å². The summed E-state index contributed by atoms with van der Waals surface area (Å²) in [7, 11) is 0. The van der Waals surface area contributed by atoms with Gasteiger partial charge in [0.2, 0.25) is 5.91 Å². The summed E-state index contributed by atoms with van der Waals surface area (Å²) in [5.41, 5.74) is 5.94. The number of hydrazine groups is 1. The molecule has 2 rings (SSSR count). The van der Waals surface area contributed by atoms with Gasteiger partial charge in [-0.3, -0.25) is 10.2 Å². The predicted octanol–water partition coefficient (Wildman–Crippen LogP) is 3.39. The number of hydrogen-bond acceptors (Lipinski definition) is 2. The van der Waals surface area contributed by atoms with Gasteiger partial charge < -0.3 is 5.32 Å². The van der Waals surface area contributed by atoms with Crippen LogP contribution in [0.15, 0.2) is 48.5 Å². The van der Waals surface area contributed by atoms with Crippen LogP contribution in [0.3, 0.4) is 0 Å². The molecule has 0 fully saturated rings. The van der Waals surface area contributed by atoms with E-state index in [-0.39, 0.29) is 12.3 Å². The number of hydrogen-bond donors (Lipinski definition) is 3. The molecule has 0 aliphatic rings. The lowest BCUT2D eigenvalue weighted by Crippen LogP contribution is -2.44. The zero-order valence-electron chi connectivity index (χ0n) is 11.4. The minimum Gasteiger partial charge on any atom is -0.307 e. The first kappa shape index (κ1) is 16.1. The Morgan fingerprint density at radius 1 is 0.818 bits per heavy atom. The maximum atomic E-state index is 11.7. The van der Waals surface area contributed by atoms with Gasteiger partial charge in [-0.05, 0) is 42.0 Å². The van der Waals surface area contributed by atoms with Crippen molar-refractivity contribution >= 4 is 40.8 Å². The number of anilines is 1. The van der Waals surface area contributed by atoms with Gasteiger partial charge in [0.25, 0.3) is 0 Å². The lowest BCUT2D eigenvalue weighted by molar-refractivity contribution is -0.121. The fourth-order valence-electron chi connectivity index (χ4n) is 1.65. The van der Waals surface area contributed by atoms with Crippen LogP contribution in [0.4, 0.5) is 10.5 Å². The Morgan fingerprint density at radius 2 is 1.36 bits per heavy atom. The third kappa shape index (κ3) is 5.27. The van der Waals surface area contributed by atoms with Gasteiger partial charge in [0.15, 0.2) is 0 Å². The topological polar surface area (TPSA) is 70.2 Å². The number of carbonyl (C=O) groups is 2. The molecule has 0 radical (unpaired) electrons. The van der Waals surface area contributed by atoms with Crippen molar-refractivity contribution in [3.05, 3.63) is 64.1 Å². The summed E-state index contributed by atoms with van der Waals surface area (Å²) < 4.78 is 0. The third-order valence-electron chi connectivity index (χ3n) is 2.70. The number of amides is 3. The largest absolute Gasteiger partial charge is 0.337 e. The molecule has 0 atom stereocenters. The molecule has 0 unspecified atom stereocenters. The van der Waals surface area contributed by atoms with E-state index < -0.39 is 6.03 Å². The standard InChI is InChI=1S/C15H13Cl2N3O2/c16-11-3-1-10(2-4-11)9-14(21)19-20-15(22)18-13-7-5-12(17)6-8-13/h1-8H,9H2,(H,19,21)(H2,18,20,22). The molecule has 0 aliphatic heterocycles. The molecule has 2 aromatic rings. The van der Waals surface area contributed by atoms with E-state index in [1.165, 1.54) is 0 Å². The van der Waals surface area contributed by atoms with Gasteiger partial charge in [-0.1, -0.05) is 35.3 Å². The van der Waals surface area contributed by atoms with E-state index in [2.05, 4.69) is 16.2 Å². The van der Waals surface area contributed by atoms with Gasteiger partial charge in [0.05, 0.1) is 6.42 Å². The Balaban J connectivity index is 1.76. The second-order valence-corrected chi connectivity index (χ2v) is 5.31. The molecular weight excluding hydrogens is 325 g/mol. The molecule has 3 N–H and O–H groups in total. The molecule has 114 valence electrons. The molecule has 3 amide bonds. The predicted molar refractivity (Wildman–Crippen MR) is 86.9 cm³/mol. The monoisotopic (exact) mass is 337 g/mol. The summed E-state index contributed by atoms with van der Waals surface area (Å²) in [5.74, 6) is -0.339. The van der Waals surface area contributed by atoms with E-state index in [1.54, 1.807) is 48.5 Å². The zero-order valence-corrected chi connectivity index (χ0v) is 12.9. The summed E-state index contributed by atoms with van der Waals surface area (Å²) in [5, 5.41) is 3.73. The number of urea groups is 1. The summed E-state index contributed by atoms with van der Waals surface area (Å²) in [6.45, 7) is 0. The van der Waals surface area contributed by atoms with Gasteiger partial charge in [-0.15, -0.1) is 0 Å². The van der Waals surface area contributed by atoms with E-state index in [0.29, 0.717) is 15.7 Å². The Bertz CT molecular complexity index is 598. The first-order chi connectivity index (χ1) is 10.5. The molecule has 0 bridgehead atoms. The highest BCUT2D eigenvalue weighted by atomic mass is 35.5. The summed E-state index contributed by atoms with van der Waals surface area (Å²) in [6.07, 6.45) is 0.137. The molecule has 0 saturated carbocycles. The van der Waals surface area contributed by atoms with Crippen molar-refractivity contribution in [1.29, 1.82) is 0 Å². The van der Waals surface area contributed by atoms with E-state index in [4.69, 9.17) is 23.2 Å². The lowest BCUT2D eigenvalue weighted by Gasteiger charge is -2.09. The molecule has 22 heavy (non-hydrogen) atoms. The van der Waals surface area contributed by atoms with Gasteiger partial charge in [-0.2, -0.15) is 0 Å². The highest BCUT2D eigenvalue weighted by Gasteiger charge is 2.06. The van der Waals surface area contributed by atoms with E-state index in [0.717, 1.165) is 5.56 Å². The summed E-state index contributed by atoms with van der Waals surface area (Å²) in [4.78, 5) is 23.3. The molecule has 5 nitrogen and oxygen atoms in total. The Morgan fingerprint density at radius 3 is 1.95 bits per heavy atom. The molecular formula is C15H13Cl2N3O2. The fourth-order valence-corrected chi connectivity index (χ4v) is 1.91. The SMILES string of the molecule is O=C(Cc1ccc(Cl)cc1)NNC(=O)Nc1ccc(Cl)cc1. The quantitative estimate of drug-likeness (QED) is 0.751. The second-order valence-electron chi connectivity index (χ2n) is 4.44. The van der Waals surface area contributed by atoms with E-state index >= 15 is 0 Å². The Labute approximate surface area is 137 Å². The zero-order chi connectivity index (χ0) is 15.9. The number of carbonyl (C=O) groups excluding carboxylic acids is 2. The highest BCUT2D eigenvalue weighted by Crippen LogP contribution is 2.13. The average Bonchev–Trinajstić information content (AvgIpc) is 2.50. The summed E-state index contributed by atoms with van der Waals surface area (Å²) >= 11 is 11.5. The maximum absolute atomic E-state index is 11.7.